The molecule has 2 aromatic heterocycles. The zero-order valence-electron chi connectivity index (χ0n) is 12.0. The molecule has 2 heterocycles. The number of nitrogens with zero attached hydrogens (tertiary/aromatic N) is 1. The van der Waals surface area contributed by atoms with Crippen LogP contribution in [0.1, 0.15) is 29.5 Å². The molecule has 0 saturated carbocycles. The molecule has 0 fully saturated rings. The van der Waals surface area contributed by atoms with Crippen LogP contribution in [-0.4, -0.2) is 18.5 Å². The van der Waals surface area contributed by atoms with Gasteiger partial charge >= 0.3 is 0 Å². The Labute approximate surface area is 133 Å². The fraction of sp³-hybridized carbons (Fsp3) is 0.467. The molecule has 110 valence electrons. The van der Waals surface area contributed by atoms with E-state index < -0.39 is 0 Å². The Morgan fingerprint density at radius 3 is 2.90 bits per heavy atom. The Kier molecular flexibility index (Phi) is 6.29. The van der Waals surface area contributed by atoms with Crippen molar-refractivity contribution in [1.82, 2.24) is 10.2 Å². The molecule has 0 spiro atoms. The lowest BCUT2D eigenvalue weighted by Crippen LogP contribution is -2.16. The Morgan fingerprint density at radius 2 is 2.20 bits per heavy atom. The molecule has 0 atom stereocenters. The van der Waals surface area contributed by atoms with Gasteiger partial charge < -0.3 is 9.73 Å². The van der Waals surface area contributed by atoms with Crippen LogP contribution in [0.15, 0.2) is 32.7 Å². The van der Waals surface area contributed by atoms with Crippen molar-refractivity contribution in [2.24, 2.45) is 0 Å². The molecule has 0 aromatic carbocycles. The fourth-order valence-corrected chi connectivity index (χ4v) is 3.57. The van der Waals surface area contributed by atoms with Crippen LogP contribution in [0.5, 0.6) is 0 Å². The summed E-state index contributed by atoms with van der Waals surface area (Å²) >= 11 is 5.27. The van der Waals surface area contributed by atoms with Crippen molar-refractivity contribution in [2.75, 3.05) is 13.6 Å². The maximum absolute atomic E-state index is 5.62. The average molecular weight is 357 g/mol. The van der Waals surface area contributed by atoms with E-state index in [1.165, 1.54) is 10.4 Å². The zero-order valence-corrected chi connectivity index (χ0v) is 14.4. The van der Waals surface area contributed by atoms with Crippen LogP contribution in [0.3, 0.4) is 0 Å². The number of thiophene rings is 1. The number of halogens is 1. The maximum Gasteiger partial charge on any atom is 0.118 e. The van der Waals surface area contributed by atoms with Crippen LogP contribution in [0.2, 0.25) is 0 Å². The van der Waals surface area contributed by atoms with Gasteiger partial charge in [0.1, 0.15) is 5.76 Å². The maximum atomic E-state index is 5.62. The van der Waals surface area contributed by atoms with Gasteiger partial charge in [0, 0.05) is 33.4 Å². The van der Waals surface area contributed by atoms with E-state index in [0.29, 0.717) is 0 Å². The van der Waals surface area contributed by atoms with E-state index in [-0.39, 0.29) is 0 Å². The minimum atomic E-state index is 0.837. The first kappa shape index (κ1) is 15.8. The molecule has 0 aliphatic heterocycles. The largest absolute Gasteiger partial charge is 0.468 e. The van der Waals surface area contributed by atoms with Crippen molar-refractivity contribution >= 4 is 27.3 Å². The van der Waals surface area contributed by atoms with Gasteiger partial charge in [-0.2, -0.15) is 0 Å². The van der Waals surface area contributed by atoms with Gasteiger partial charge in [-0.3, -0.25) is 4.90 Å². The van der Waals surface area contributed by atoms with Crippen LogP contribution in [0.25, 0.3) is 0 Å². The summed E-state index contributed by atoms with van der Waals surface area (Å²) in [5.74, 6) is 1.02. The van der Waals surface area contributed by atoms with Crippen molar-refractivity contribution in [3.05, 3.63) is 44.4 Å². The van der Waals surface area contributed by atoms with Gasteiger partial charge in [-0.05, 0) is 48.1 Å². The average Bonchev–Trinajstić information content (AvgIpc) is 2.99. The highest BCUT2D eigenvalue weighted by molar-refractivity contribution is 9.10. The molecule has 2 aromatic rings. The molecular weight excluding hydrogens is 336 g/mol. The van der Waals surface area contributed by atoms with Gasteiger partial charge in [0.15, 0.2) is 0 Å². The van der Waals surface area contributed by atoms with Crippen LogP contribution in [0.4, 0.5) is 0 Å². The van der Waals surface area contributed by atoms with E-state index in [4.69, 9.17) is 4.42 Å². The first-order chi connectivity index (χ1) is 9.67. The normalized spacial score (nSPS) is 11.4. The Morgan fingerprint density at radius 1 is 1.35 bits per heavy atom. The summed E-state index contributed by atoms with van der Waals surface area (Å²) < 4.78 is 6.78. The predicted octanol–water partition coefficient (Wildman–Crippen LogP) is 4.24. The van der Waals surface area contributed by atoms with Crippen LogP contribution < -0.4 is 5.32 Å². The van der Waals surface area contributed by atoms with Crippen LogP contribution >= 0.6 is 27.3 Å². The summed E-state index contributed by atoms with van der Waals surface area (Å²) in [6.45, 7) is 5.89. The van der Waals surface area contributed by atoms with Gasteiger partial charge in [-0.1, -0.05) is 6.92 Å². The molecule has 5 heteroatoms. The standard InChI is InChI=1S/C15H21BrN2OS/c1-3-4-17-7-12-5-14(19-10-12)8-18(2)9-15-6-13(16)11-20-15/h5-6,10-11,17H,3-4,7-9H2,1-2H3. The molecule has 0 saturated heterocycles. The second-order valence-corrected chi connectivity index (χ2v) is 6.91. The van der Waals surface area contributed by atoms with Gasteiger partial charge in [-0.25, -0.2) is 0 Å². The quantitative estimate of drug-likeness (QED) is 0.717. The molecule has 2 rings (SSSR count). The van der Waals surface area contributed by atoms with Gasteiger partial charge in [-0.15, -0.1) is 11.3 Å². The number of hydrogen-bond acceptors (Lipinski definition) is 4. The molecule has 20 heavy (non-hydrogen) atoms. The predicted molar refractivity (Wildman–Crippen MR) is 87.9 cm³/mol. The lowest BCUT2D eigenvalue weighted by molar-refractivity contribution is 0.290. The van der Waals surface area contributed by atoms with E-state index in [9.17, 15) is 0 Å². The summed E-state index contributed by atoms with van der Waals surface area (Å²) in [5, 5.41) is 5.50. The van der Waals surface area contributed by atoms with Gasteiger partial charge in [0.05, 0.1) is 12.8 Å². The zero-order chi connectivity index (χ0) is 14.4. The second-order valence-electron chi connectivity index (χ2n) is 5.00. The van der Waals surface area contributed by atoms with Gasteiger partial charge in [0.25, 0.3) is 0 Å². The second kappa shape index (κ2) is 7.98. The molecule has 0 aliphatic rings. The number of hydrogen-bond donors (Lipinski definition) is 1. The van der Waals surface area contributed by atoms with Crippen molar-refractivity contribution in [1.29, 1.82) is 0 Å². The third-order valence-corrected chi connectivity index (χ3v) is 4.62. The van der Waals surface area contributed by atoms with E-state index >= 15 is 0 Å². The Bertz CT molecular complexity index is 523. The molecule has 0 radical (unpaired) electrons. The Hall–Kier alpha value is -0.620. The number of furan rings is 1. The highest BCUT2D eigenvalue weighted by Crippen LogP contribution is 2.21. The highest BCUT2D eigenvalue weighted by Gasteiger charge is 2.07. The van der Waals surface area contributed by atoms with Crippen molar-refractivity contribution in [3.8, 4) is 0 Å². The number of nitrogens with one attached hydrogen (secondary N) is 1. The number of rotatable bonds is 8. The summed E-state index contributed by atoms with van der Waals surface area (Å²) in [4.78, 5) is 3.62. The SMILES string of the molecule is CCCNCc1coc(CN(C)Cc2cc(Br)cs2)c1. The molecule has 1 N–H and O–H groups in total. The van der Waals surface area contributed by atoms with E-state index in [1.54, 1.807) is 11.3 Å². The monoisotopic (exact) mass is 356 g/mol. The smallest absolute Gasteiger partial charge is 0.118 e. The summed E-state index contributed by atoms with van der Waals surface area (Å²) in [5.41, 5.74) is 1.22. The molecule has 0 aliphatic carbocycles. The topological polar surface area (TPSA) is 28.4 Å². The van der Waals surface area contributed by atoms with E-state index in [0.717, 1.165) is 42.8 Å². The van der Waals surface area contributed by atoms with Gasteiger partial charge in [0.2, 0.25) is 0 Å². The van der Waals surface area contributed by atoms with E-state index in [1.807, 2.05) is 6.26 Å². The van der Waals surface area contributed by atoms with Crippen molar-refractivity contribution in [2.45, 2.75) is 33.0 Å². The molecule has 0 unspecified atom stereocenters. The lowest BCUT2D eigenvalue weighted by atomic mass is 10.3. The minimum Gasteiger partial charge on any atom is -0.468 e. The molecular formula is C15H21BrN2OS. The first-order valence-corrected chi connectivity index (χ1v) is 8.53. The lowest BCUT2D eigenvalue weighted by Gasteiger charge is -2.13. The summed E-state index contributed by atoms with van der Waals surface area (Å²) in [6.07, 6.45) is 3.01. The minimum absolute atomic E-state index is 0.837. The fourth-order valence-electron chi connectivity index (χ4n) is 2.04. The van der Waals surface area contributed by atoms with E-state index in [2.05, 4.69) is 57.6 Å². The summed E-state index contributed by atoms with van der Waals surface area (Å²) in [6, 6.07) is 4.31. The molecule has 3 nitrogen and oxygen atoms in total. The third-order valence-electron chi connectivity index (χ3n) is 2.94. The third kappa shape index (κ3) is 5.05. The van der Waals surface area contributed by atoms with Crippen LogP contribution in [-0.2, 0) is 19.6 Å². The van der Waals surface area contributed by atoms with Crippen LogP contribution in [0, 0.1) is 0 Å². The van der Waals surface area contributed by atoms with Crippen molar-refractivity contribution < 1.29 is 4.42 Å². The van der Waals surface area contributed by atoms with Crippen molar-refractivity contribution in [3.63, 3.8) is 0 Å². The molecule has 0 amide bonds. The Balaban J connectivity index is 1.80. The molecule has 0 bridgehead atoms. The first-order valence-electron chi connectivity index (χ1n) is 6.86. The summed E-state index contributed by atoms with van der Waals surface area (Å²) in [7, 11) is 2.12. The highest BCUT2D eigenvalue weighted by atomic mass is 79.9.